The molecule has 132 valence electrons. The van der Waals surface area contributed by atoms with Gasteiger partial charge in [-0.25, -0.2) is 0 Å². The third-order valence-corrected chi connectivity index (χ3v) is 6.12. The molecule has 0 unspecified atom stereocenters. The normalized spacial score (nSPS) is 21.8. The Labute approximate surface area is 151 Å². The predicted molar refractivity (Wildman–Crippen MR) is 98.6 cm³/mol. The van der Waals surface area contributed by atoms with Crippen LogP contribution in [0, 0.1) is 5.92 Å². The number of fused-ring (bicyclic) bond motifs is 3. The van der Waals surface area contributed by atoms with E-state index in [2.05, 4.69) is 17.6 Å². The number of amides is 1. The molecule has 1 amide bonds. The highest BCUT2D eigenvalue weighted by atomic mass is 32.1. The Kier molecular flexibility index (Phi) is 4.07. The summed E-state index contributed by atoms with van der Waals surface area (Å²) in [5, 5.41) is 17.8. The van der Waals surface area contributed by atoms with Crippen molar-refractivity contribution in [3.8, 4) is 11.5 Å². The van der Waals surface area contributed by atoms with Gasteiger partial charge in [-0.3, -0.25) is 4.79 Å². The van der Waals surface area contributed by atoms with Gasteiger partial charge in [0.25, 0.3) is 5.91 Å². The Bertz CT molecular complexity index is 830. The van der Waals surface area contributed by atoms with E-state index in [-0.39, 0.29) is 11.7 Å². The lowest BCUT2D eigenvalue weighted by molar-refractivity contribution is 0.0934. The summed E-state index contributed by atoms with van der Waals surface area (Å²) in [7, 11) is 0. The fourth-order valence-corrected chi connectivity index (χ4v) is 5.10. The third kappa shape index (κ3) is 2.74. The van der Waals surface area contributed by atoms with Crippen molar-refractivity contribution in [2.75, 3.05) is 11.9 Å². The summed E-state index contributed by atoms with van der Waals surface area (Å²) in [6, 6.07) is 5.35. The van der Waals surface area contributed by atoms with Gasteiger partial charge in [0.15, 0.2) is 11.5 Å². The summed E-state index contributed by atoms with van der Waals surface area (Å²) in [6.07, 6.45) is 2.67. The highest BCUT2D eigenvalue weighted by Crippen LogP contribution is 2.44. The smallest absolute Gasteiger partial charge is 0.256 e. The number of anilines is 1. The first-order valence-electron chi connectivity index (χ1n) is 8.75. The highest BCUT2D eigenvalue weighted by molar-refractivity contribution is 7.16. The van der Waals surface area contributed by atoms with Gasteiger partial charge in [-0.2, -0.15) is 0 Å². The number of thiophene rings is 1. The predicted octanol–water partition coefficient (Wildman–Crippen LogP) is 3.83. The number of benzene rings is 1. The van der Waals surface area contributed by atoms with Crippen LogP contribution in [-0.4, -0.2) is 17.6 Å². The monoisotopic (exact) mass is 358 g/mol. The quantitative estimate of drug-likeness (QED) is 0.780. The second-order valence-electron chi connectivity index (χ2n) is 6.73. The highest BCUT2D eigenvalue weighted by Gasteiger charge is 2.34. The van der Waals surface area contributed by atoms with Crippen LogP contribution in [0.1, 0.15) is 52.8 Å². The lowest BCUT2D eigenvalue weighted by atomic mass is 9.88. The van der Waals surface area contributed by atoms with Crippen LogP contribution in [0.4, 0.5) is 5.00 Å². The van der Waals surface area contributed by atoms with Crippen molar-refractivity contribution in [2.45, 2.75) is 39.3 Å². The van der Waals surface area contributed by atoms with Gasteiger partial charge >= 0.3 is 0 Å². The van der Waals surface area contributed by atoms with Gasteiger partial charge in [0.05, 0.1) is 12.2 Å². The summed E-state index contributed by atoms with van der Waals surface area (Å²) < 4.78 is 5.45. The van der Waals surface area contributed by atoms with Crippen LogP contribution in [0.15, 0.2) is 18.2 Å². The average Bonchev–Trinajstić information content (AvgIpc) is 2.94. The molecule has 25 heavy (non-hydrogen) atoms. The van der Waals surface area contributed by atoms with Crippen LogP contribution in [0.5, 0.6) is 11.5 Å². The summed E-state index contributed by atoms with van der Waals surface area (Å²) in [5.74, 6) is 1.10. The molecule has 4 rings (SSSR count). The lowest BCUT2D eigenvalue weighted by Gasteiger charge is -2.27. The molecule has 0 bridgehead atoms. The van der Waals surface area contributed by atoms with E-state index in [9.17, 15) is 9.90 Å². The first-order chi connectivity index (χ1) is 12.1. The minimum Gasteiger partial charge on any atom is -0.504 e. The zero-order valence-electron chi connectivity index (χ0n) is 14.4. The number of phenols is 1. The molecule has 2 heterocycles. The Morgan fingerprint density at radius 3 is 3.00 bits per heavy atom. The van der Waals surface area contributed by atoms with Crippen LogP contribution in [0.2, 0.25) is 0 Å². The molecule has 0 saturated carbocycles. The summed E-state index contributed by atoms with van der Waals surface area (Å²) in [6.45, 7) is 4.60. The van der Waals surface area contributed by atoms with Crippen molar-refractivity contribution >= 4 is 22.2 Å². The van der Waals surface area contributed by atoms with Crippen molar-refractivity contribution < 1.29 is 14.6 Å². The molecule has 1 aliphatic carbocycles. The molecule has 0 radical (unpaired) electrons. The maximum Gasteiger partial charge on any atom is 0.256 e. The van der Waals surface area contributed by atoms with Crippen molar-refractivity contribution in [1.82, 2.24) is 5.32 Å². The molecule has 2 atom stereocenters. The van der Waals surface area contributed by atoms with Gasteiger partial charge in [0.2, 0.25) is 0 Å². The third-order valence-electron chi connectivity index (χ3n) is 4.93. The van der Waals surface area contributed by atoms with E-state index in [1.807, 2.05) is 13.0 Å². The SMILES string of the molecule is CCOc1cccc([C@@H]2NC(=O)c3c(sc4c3CC[C@H](C)C4)N2)c1O. The second-order valence-corrected chi connectivity index (χ2v) is 7.84. The number of nitrogens with one attached hydrogen (secondary N) is 2. The maximum atomic E-state index is 12.7. The van der Waals surface area contributed by atoms with Gasteiger partial charge < -0.3 is 20.5 Å². The second kappa shape index (κ2) is 6.26. The standard InChI is InChI=1S/C19H22N2O3S/c1-3-24-13-6-4-5-12(16(13)22)17-20-18(23)15-11-8-7-10(2)9-14(11)25-19(15)21-17/h4-6,10,17,21-22H,3,7-9H2,1-2H3,(H,20,23)/t10-,17+/m0/s1. The van der Waals surface area contributed by atoms with Crippen LogP contribution in [0.3, 0.4) is 0 Å². The molecular weight excluding hydrogens is 336 g/mol. The first-order valence-corrected chi connectivity index (χ1v) is 9.56. The number of hydrogen-bond acceptors (Lipinski definition) is 5. The topological polar surface area (TPSA) is 70.6 Å². The van der Waals surface area contributed by atoms with Gasteiger partial charge in [0.1, 0.15) is 11.2 Å². The number of carbonyl (C=O) groups excluding carboxylic acids is 1. The largest absolute Gasteiger partial charge is 0.504 e. The van der Waals surface area contributed by atoms with E-state index in [4.69, 9.17) is 4.74 Å². The number of ether oxygens (including phenoxy) is 1. The van der Waals surface area contributed by atoms with E-state index in [1.165, 1.54) is 10.4 Å². The van der Waals surface area contributed by atoms with E-state index in [1.54, 1.807) is 23.5 Å². The van der Waals surface area contributed by atoms with E-state index < -0.39 is 6.17 Å². The average molecular weight is 358 g/mol. The number of carbonyl (C=O) groups is 1. The number of hydrogen-bond donors (Lipinski definition) is 3. The zero-order valence-corrected chi connectivity index (χ0v) is 15.2. The Balaban J connectivity index is 1.69. The summed E-state index contributed by atoms with van der Waals surface area (Å²) in [4.78, 5) is 14.1. The minimum absolute atomic E-state index is 0.0629. The van der Waals surface area contributed by atoms with E-state index >= 15 is 0 Å². The van der Waals surface area contributed by atoms with Crippen molar-refractivity contribution in [3.63, 3.8) is 0 Å². The van der Waals surface area contributed by atoms with Crippen LogP contribution in [0.25, 0.3) is 0 Å². The van der Waals surface area contributed by atoms with Gasteiger partial charge in [-0.1, -0.05) is 19.1 Å². The van der Waals surface area contributed by atoms with E-state index in [0.29, 0.717) is 23.8 Å². The molecule has 0 spiro atoms. The van der Waals surface area contributed by atoms with Crippen LogP contribution >= 0.6 is 11.3 Å². The summed E-state index contributed by atoms with van der Waals surface area (Å²) >= 11 is 1.68. The fourth-order valence-electron chi connectivity index (χ4n) is 3.66. The molecule has 0 saturated heterocycles. The van der Waals surface area contributed by atoms with Crippen molar-refractivity contribution in [1.29, 1.82) is 0 Å². The van der Waals surface area contributed by atoms with Crippen molar-refractivity contribution in [3.05, 3.63) is 39.8 Å². The number of aromatic hydroxyl groups is 1. The molecular formula is C19H22N2O3S. The first kappa shape index (κ1) is 16.3. The van der Waals surface area contributed by atoms with E-state index in [0.717, 1.165) is 29.8 Å². The lowest BCUT2D eigenvalue weighted by Crippen LogP contribution is -2.38. The van der Waals surface area contributed by atoms with Crippen LogP contribution < -0.4 is 15.4 Å². The fraction of sp³-hybridized carbons (Fsp3) is 0.421. The molecule has 1 aromatic carbocycles. The van der Waals surface area contributed by atoms with Gasteiger partial charge in [0, 0.05) is 10.4 Å². The molecule has 1 aliphatic heterocycles. The number of para-hydroxylation sites is 1. The summed E-state index contributed by atoms with van der Waals surface area (Å²) in [5.41, 5.74) is 2.61. The molecule has 2 aliphatic rings. The molecule has 1 aromatic heterocycles. The van der Waals surface area contributed by atoms with Crippen molar-refractivity contribution in [2.24, 2.45) is 5.92 Å². The Hall–Kier alpha value is -2.21. The van der Waals surface area contributed by atoms with Gasteiger partial charge in [-0.05, 0) is 43.7 Å². The maximum absolute atomic E-state index is 12.7. The molecule has 0 fully saturated rings. The molecule has 2 aromatic rings. The molecule has 6 heteroatoms. The Morgan fingerprint density at radius 2 is 2.20 bits per heavy atom. The minimum atomic E-state index is -0.460. The Morgan fingerprint density at radius 1 is 1.36 bits per heavy atom. The van der Waals surface area contributed by atoms with Crippen LogP contribution in [-0.2, 0) is 12.8 Å². The zero-order chi connectivity index (χ0) is 17.6. The molecule has 3 N–H and O–H groups in total. The molecule has 5 nitrogen and oxygen atoms in total. The van der Waals surface area contributed by atoms with Gasteiger partial charge in [-0.15, -0.1) is 11.3 Å². The number of rotatable bonds is 3. The number of phenolic OH excluding ortho intramolecular Hbond substituents is 1.